The summed E-state index contributed by atoms with van der Waals surface area (Å²) in [6.07, 6.45) is 13.8. The Kier molecular flexibility index (Phi) is 5.15. The van der Waals surface area contributed by atoms with Crippen molar-refractivity contribution < 1.29 is 0 Å². The van der Waals surface area contributed by atoms with Gasteiger partial charge >= 0.3 is 0 Å². The van der Waals surface area contributed by atoms with E-state index in [9.17, 15) is 0 Å². The maximum atomic E-state index is 8.72. The standard InChI is InChI=1S/C20H20N6/c1-4-15-12-22-19(14(3)6-5-13(2)9-10-21)24-20(15)23-18-11-17(25-26-18)16-7-8-16/h1,5-6,11-12,16H,7-9H2,2-3H3,(H2,22,23,24,25,26)/b13-5+,14-6+. The van der Waals surface area contributed by atoms with Gasteiger partial charge in [-0.1, -0.05) is 23.6 Å². The van der Waals surface area contributed by atoms with Gasteiger partial charge in [-0.05, 0) is 32.3 Å². The summed E-state index contributed by atoms with van der Waals surface area (Å²) in [5.74, 6) is 5.02. The van der Waals surface area contributed by atoms with Gasteiger partial charge < -0.3 is 5.32 Å². The molecule has 130 valence electrons. The molecule has 2 heterocycles. The molecule has 0 unspecified atom stereocenters. The van der Waals surface area contributed by atoms with Crippen LogP contribution in [0, 0.1) is 23.7 Å². The highest BCUT2D eigenvalue weighted by Crippen LogP contribution is 2.39. The van der Waals surface area contributed by atoms with Gasteiger partial charge in [-0.25, -0.2) is 9.97 Å². The third-order valence-corrected chi connectivity index (χ3v) is 4.13. The predicted molar refractivity (Wildman–Crippen MR) is 101 cm³/mol. The number of rotatable bonds is 6. The molecule has 1 aliphatic carbocycles. The largest absolute Gasteiger partial charge is 0.322 e. The molecule has 6 heteroatoms. The van der Waals surface area contributed by atoms with E-state index in [1.807, 2.05) is 32.1 Å². The molecule has 0 aromatic carbocycles. The van der Waals surface area contributed by atoms with Crippen LogP contribution in [0.4, 0.5) is 11.6 Å². The number of terminal acetylenes is 1. The second kappa shape index (κ2) is 7.67. The molecule has 6 nitrogen and oxygen atoms in total. The van der Waals surface area contributed by atoms with E-state index in [0.717, 1.165) is 16.8 Å². The summed E-state index contributed by atoms with van der Waals surface area (Å²) in [5.41, 5.74) is 3.58. The minimum absolute atomic E-state index is 0.399. The molecule has 0 radical (unpaired) electrons. The van der Waals surface area contributed by atoms with Crippen LogP contribution in [0.1, 0.15) is 56.1 Å². The molecule has 0 atom stereocenters. The summed E-state index contributed by atoms with van der Waals surface area (Å²) < 4.78 is 0. The molecule has 26 heavy (non-hydrogen) atoms. The summed E-state index contributed by atoms with van der Waals surface area (Å²) in [4.78, 5) is 8.89. The number of hydrogen-bond donors (Lipinski definition) is 2. The lowest BCUT2D eigenvalue weighted by Crippen LogP contribution is -2.02. The van der Waals surface area contributed by atoms with Crippen LogP contribution in [0.2, 0.25) is 0 Å². The Morgan fingerprint density at radius 2 is 2.23 bits per heavy atom. The third-order valence-electron chi connectivity index (χ3n) is 4.13. The van der Waals surface area contributed by atoms with Crippen molar-refractivity contribution in [3.63, 3.8) is 0 Å². The normalized spacial score (nSPS) is 14.6. The fraction of sp³-hybridized carbons (Fsp3) is 0.300. The van der Waals surface area contributed by atoms with E-state index in [1.165, 1.54) is 12.8 Å². The average molecular weight is 344 g/mol. The summed E-state index contributed by atoms with van der Waals surface area (Å²) in [7, 11) is 0. The zero-order valence-corrected chi connectivity index (χ0v) is 14.9. The van der Waals surface area contributed by atoms with Crippen LogP contribution in [0.5, 0.6) is 0 Å². The van der Waals surface area contributed by atoms with Crippen LogP contribution in [0.25, 0.3) is 5.57 Å². The quantitative estimate of drug-likeness (QED) is 0.609. The van der Waals surface area contributed by atoms with Gasteiger partial charge in [0.25, 0.3) is 0 Å². The van der Waals surface area contributed by atoms with Crippen molar-refractivity contribution in [1.29, 1.82) is 5.26 Å². The highest BCUT2D eigenvalue weighted by atomic mass is 15.2. The lowest BCUT2D eigenvalue weighted by molar-refractivity contribution is 0.966. The van der Waals surface area contributed by atoms with Gasteiger partial charge in [0.15, 0.2) is 17.5 Å². The van der Waals surface area contributed by atoms with Crippen molar-refractivity contribution in [2.75, 3.05) is 5.32 Å². The second-order valence-corrected chi connectivity index (χ2v) is 6.41. The number of nitrogens with zero attached hydrogens (tertiary/aromatic N) is 4. The highest BCUT2D eigenvalue weighted by molar-refractivity contribution is 5.66. The maximum Gasteiger partial charge on any atom is 0.157 e. The van der Waals surface area contributed by atoms with Crippen LogP contribution >= 0.6 is 0 Å². The Morgan fingerprint density at radius 1 is 1.42 bits per heavy atom. The van der Waals surface area contributed by atoms with Gasteiger partial charge in [-0.15, -0.1) is 6.42 Å². The first-order valence-corrected chi connectivity index (χ1v) is 8.48. The topological polar surface area (TPSA) is 90.3 Å². The molecular formula is C20H20N6. The zero-order chi connectivity index (χ0) is 18.5. The Hall–Kier alpha value is -3.38. The van der Waals surface area contributed by atoms with Crippen molar-refractivity contribution >= 4 is 17.2 Å². The predicted octanol–water partition coefficient (Wildman–Crippen LogP) is 4.07. The molecule has 1 aliphatic rings. The minimum Gasteiger partial charge on any atom is -0.322 e. The van der Waals surface area contributed by atoms with E-state index in [2.05, 4.69) is 37.5 Å². The molecule has 3 rings (SSSR count). The van der Waals surface area contributed by atoms with Crippen LogP contribution in [-0.2, 0) is 0 Å². The van der Waals surface area contributed by atoms with Gasteiger partial charge in [0.2, 0.25) is 0 Å². The number of hydrogen-bond acceptors (Lipinski definition) is 5. The van der Waals surface area contributed by atoms with Crippen molar-refractivity contribution in [3.8, 4) is 18.4 Å². The van der Waals surface area contributed by atoms with Crippen LogP contribution in [-0.4, -0.2) is 20.2 Å². The first-order chi connectivity index (χ1) is 12.6. The molecule has 0 spiro atoms. The van der Waals surface area contributed by atoms with Gasteiger partial charge in [0, 0.05) is 23.9 Å². The van der Waals surface area contributed by atoms with E-state index in [0.29, 0.717) is 35.4 Å². The van der Waals surface area contributed by atoms with Crippen LogP contribution < -0.4 is 5.32 Å². The van der Waals surface area contributed by atoms with Crippen molar-refractivity contribution in [2.24, 2.45) is 0 Å². The summed E-state index contributed by atoms with van der Waals surface area (Å²) in [6.45, 7) is 3.84. The van der Waals surface area contributed by atoms with E-state index in [4.69, 9.17) is 11.7 Å². The molecular weight excluding hydrogens is 324 g/mol. The smallest absolute Gasteiger partial charge is 0.157 e. The average Bonchev–Trinajstić information content (AvgIpc) is 3.39. The summed E-state index contributed by atoms with van der Waals surface area (Å²) in [5, 5.41) is 19.2. The number of nitriles is 1. The Balaban J connectivity index is 1.83. The fourth-order valence-corrected chi connectivity index (χ4v) is 2.42. The van der Waals surface area contributed by atoms with Crippen LogP contribution in [0.3, 0.4) is 0 Å². The lowest BCUT2D eigenvalue weighted by Gasteiger charge is -2.07. The molecule has 1 fully saturated rings. The molecule has 2 N–H and O–H groups in total. The third kappa shape index (κ3) is 4.17. The SMILES string of the molecule is C#Cc1cnc(/C(C)=C/C=C(\C)CC#N)nc1Nc1cc(C2CC2)[nH]n1. The summed E-state index contributed by atoms with van der Waals surface area (Å²) >= 11 is 0. The van der Waals surface area contributed by atoms with Crippen molar-refractivity contribution in [2.45, 2.75) is 39.0 Å². The van der Waals surface area contributed by atoms with Crippen molar-refractivity contribution in [1.82, 2.24) is 20.2 Å². The number of nitrogens with one attached hydrogen (secondary N) is 2. The van der Waals surface area contributed by atoms with E-state index < -0.39 is 0 Å². The molecule has 0 amide bonds. The number of aromatic amines is 1. The molecule has 0 saturated heterocycles. The lowest BCUT2D eigenvalue weighted by atomic mass is 10.1. The second-order valence-electron chi connectivity index (χ2n) is 6.41. The first-order valence-electron chi connectivity index (χ1n) is 8.48. The van der Waals surface area contributed by atoms with Gasteiger partial charge in [-0.2, -0.15) is 10.4 Å². The fourth-order valence-electron chi connectivity index (χ4n) is 2.42. The molecule has 2 aromatic rings. The van der Waals surface area contributed by atoms with E-state index in [1.54, 1.807) is 6.20 Å². The molecule has 1 saturated carbocycles. The highest BCUT2D eigenvalue weighted by Gasteiger charge is 2.25. The number of aromatic nitrogens is 4. The first kappa shape index (κ1) is 17.4. The summed E-state index contributed by atoms with van der Waals surface area (Å²) in [6, 6.07) is 4.12. The van der Waals surface area contributed by atoms with Gasteiger partial charge in [-0.3, -0.25) is 5.10 Å². The molecule has 0 aliphatic heterocycles. The number of anilines is 2. The zero-order valence-electron chi connectivity index (χ0n) is 14.9. The van der Waals surface area contributed by atoms with Gasteiger partial charge in [0.05, 0.1) is 18.1 Å². The van der Waals surface area contributed by atoms with Gasteiger partial charge in [0.1, 0.15) is 0 Å². The van der Waals surface area contributed by atoms with E-state index in [-0.39, 0.29) is 0 Å². The monoisotopic (exact) mass is 344 g/mol. The molecule has 0 bridgehead atoms. The van der Waals surface area contributed by atoms with Crippen LogP contribution in [0.15, 0.2) is 30.0 Å². The minimum atomic E-state index is 0.399. The Labute approximate surface area is 153 Å². The van der Waals surface area contributed by atoms with E-state index >= 15 is 0 Å². The van der Waals surface area contributed by atoms with Crippen molar-refractivity contribution in [3.05, 3.63) is 47.1 Å². The molecule has 2 aromatic heterocycles. The number of H-pyrrole nitrogens is 1. The maximum absolute atomic E-state index is 8.72. The Bertz CT molecular complexity index is 947. The Morgan fingerprint density at radius 3 is 2.92 bits per heavy atom. The number of allylic oxidation sites excluding steroid dienone is 4.